The number of rotatable bonds is 2. The first-order chi connectivity index (χ1) is 14.9. The van der Waals surface area contributed by atoms with Crippen molar-refractivity contribution < 1.29 is 9.53 Å². The van der Waals surface area contributed by atoms with Gasteiger partial charge in [0.05, 0.1) is 22.8 Å². The maximum atomic E-state index is 13.0. The number of aromatic nitrogens is 2. The predicted molar refractivity (Wildman–Crippen MR) is 120 cm³/mol. The molecule has 160 valence electrons. The molecule has 3 aromatic heterocycles. The lowest BCUT2D eigenvalue weighted by molar-refractivity contribution is -0.0926. The molecule has 1 saturated heterocycles. The zero-order chi connectivity index (χ0) is 21.6. The number of hydrogen-bond donors (Lipinski definition) is 2. The third-order valence-corrected chi connectivity index (χ3v) is 7.33. The standard InChI is InChI=1S/C23H24N4O3S/c1-14-11-15(12-21(28)25-14)22(29)27-8-6-23(7-9-27)16-13-19(31-18(16)5-10-30-23)17-3-2-4-20(24)26-17/h2-4,11-13H,5-10H2,1H3,(H2,24,26)(H,25,28). The van der Waals surface area contributed by atoms with Crippen LogP contribution in [0.1, 0.15) is 39.3 Å². The first kappa shape index (κ1) is 20.0. The van der Waals surface area contributed by atoms with Gasteiger partial charge in [-0.25, -0.2) is 4.98 Å². The van der Waals surface area contributed by atoms with Crippen LogP contribution in [-0.4, -0.2) is 40.5 Å². The minimum absolute atomic E-state index is 0.102. The van der Waals surface area contributed by atoms with Crippen molar-refractivity contribution >= 4 is 23.1 Å². The van der Waals surface area contributed by atoms with Crippen molar-refractivity contribution in [2.45, 2.75) is 31.8 Å². The third kappa shape index (κ3) is 3.66. The number of amides is 1. The maximum absolute atomic E-state index is 13.0. The van der Waals surface area contributed by atoms with Crippen molar-refractivity contribution in [3.05, 3.63) is 68.4 Å². The van der Waals surface area contributed by atoms with Crippen molar-refractivity contribution in [3.63, 3.8) is 0 Å². The Morgan fingerprint density at radius 2 is 2.06 bits per heavy atom. The Balaban J connectivity index is 1.39. The monoisotopic (exact) mass is 436 g/mol. The largest absolute Gasteiger partial charge is 0.384 e. The number of ether oxygens (including phenoxy) is 1. The van der Waals surface area contributed by atoms with E-state index >= 15 is 0 Å². The van der Waals surface area contributed by atoms with E-state index in [0.29, 0.717) is 36.8 Å². The van der Waals surface area contributed by atoms with Crippen LogP contribution in [0.5, 0.6) is 0 Å². The van der Waals surface area contributed by atoms with Crippen LogP contribution >= 0.6 is 11.3 Å². The normalized spacial score (nSPS) is 17.5. The molecule has 5 heterocycles. The molecule has 8 heteroatoms. The second kappa shape index (κ2) is 7.62. The highest BCUT2D eigenvalue weighted by atomic mass is 32.1. The lowest BCUT2D eigenvalue weighted by atomic mass is 9.82. The number of carbonyl (C=O) groups excluding carboxylic acids is 1. The first-order valence-electron chi connectivity index (χ1n) is 10.4. The Bertz CT molecular complexity index is 1210. The number of nitrogens with two attached hydrogens (primary N) is 1. The average molecular weight is 437 g/mol. The molecule has 1 fully saturated rings. The average Bonchev–Trinajstić information content (AvgIpc) is 3.19. The molecule has 7 nitrogen and oxygen atoms in total. The van der Waals surface area contributed by atoms with Crippen molar-refractivity contribution in [2.24, 2.45) is 0 Å². The fourth-order valence-corrected chi connectivity index (χ4v) is 5.81. The fraction of sp³-hybridized carbons (Fsp3) is 0.348. The second-order valence-corrected chi connectivity index (χ2v) is 9.33. The van der Waals surface area contributed by atoms with Crippen molar-refractivity contribution in [1.29, 1.82) is 0 Å². The molecule has 0 radical (unpaired) electrons. The summed E-state index contributed by atoms with van der Waals surface area (Å²) in [6, 6.07) is 11.0. The predicted octanol–water partition coefficient (Wildman–Crippen LogP) is 3.09. The van der Waals surface area contributed by atoms with Gasteiger partial charge in [0, 0.05) is 41.7 Å². The molecular weight excluding hydrogens is 412 g/mol. The van der Waals surface area contributed by atoms with E-state index in [4.69, 9.17) is 10.5 Å². The summed E-state index contributed by atoms with van der Waals surface area (Å²) in [5.74, 6) is 0.409. The molecule has 3 N–H and O–H groups in total. The summed E-state index contributed by atoms with van der Waals surface area (Å²) >= 11 is 1.76. The van der Waals surface area contributed by atoms with Crippen molar-refractivity contribution in [2.75, 3.05) is 25.4 Å². The van der Waals surface area contributed by atoms with Gasteiger partial charge in [0.15, 0.2) is 0 Å². The molecule has 0 aromatic carbocycles. The van der Waals surface area contributed by atoms with E-state index in [1.54, 1.807) is 30.4 Å². The van der Waals surface area contributed by atoms with Gasteiger partial charge in [0.1, 0.15) is 5.82 Å². The van der Waals surface area contributed by atoms with Gasteiger partial charge < -0.3 is 20.4 Å². The highest BCUT2D eigenvalue weighted by Crippen LogP contribution is 2.46. The van der Waals surface area contributed by atoms with Crippen molar-refractivity contribution in [1.82, 2.24) is 14.9 Å². The summed E-state index contributed by atoms with van der Waals surface area (Å²) in [4.78, 5) is 36.1. The number of anilines is 1. The molecule has 0 unspecified atom stereocenters. The number of pyridine rings is 2. The second-order valence-electron chi connectivity index (χ2n) is 8.20. The molecule has 1 spiro atoms. The lowest BCUT2D eigenvalue weighted by Gasteiger charge is -2.44. The number of hydrogen-bond acceptors (Lipinski definition) is 6. The van der Waals surface area contributed by atoms with Crippen LogP contribution in [0.15, 0.2) is 41.2 Å². The molecule has 31 heavy (non-hydrogen) atoms. The first-order valence-corrected chi connectivity index (χ1v) is 11.3. The van der Waals surface area contributed by atoms with E-state index in [0.717, 1.165) is 29.8 Å². The Labute approximate surface area is 183 Å². The molecule has 2 aliphatic rings. The van der Waals surface area contributed by atoms with Crippen LogP contribution in [0.2, 0.25) is 0 Å². The third-order valence-electron chi connectivity index (χ3n) is 6.11. The van der Waals surface area contributed by atoms with Gasteiger partial charge in [-0.05, 0) is 49.6 Å². The molecule has 0 aliphatic carbocycles. The number of likely N-dealkylation sites (tertiary alicyclic amines) is 1. The number of nitrogens with zero attached hydrogens (tertiary/aromatic N) is 2. The van der Waals surface area contributed by atoms with Gasteiger partial charge in [-0.2, -0.15) is 0 Å². The van der Waals surface area contributed by atoms with E-state index in [1.165, 1.54) is 16.5 Å². The molecule has 0 saturated carbocycles. The molecule has 1 amide bonds. The quantitative estimate of drug-likeness (QED) is 0.643. The number of fused-ring (bicyclic) bond motifs is 2. The van der Waals surface area contributed by atoms with Crippen LogP contribution in [-0.2, 0) is 16.8 Å². The number of H-pyrrole nitrogens is 1. The van der Waals surface area contributed by atoms with Gasteiger partial charge >= 0.3 is 0 Å². The molecule has 2 aliphatic heterocycles. The molecule has 5 rings (SSSR count). The van der Waals surface area contributed by atoms with Crippen LogP contribution in [0.4, 0.5) is 5.82 Å². The van der Waals surface area contributed by atoms with E-state index in [9.17, 15) is 9.59 Å². The summed E-state index contributed by atoms with van der Waals surface area (Å²) in [5.41, 5.74) is 8.48. The summed E-state index contributed by atoms with van der Waals surface area (Å²) in [6.07, 6.45) is 2.35. The summed E-state index contributed by atoms with van der Waals surface area (Å²) in [5, 5.41) is 0. The molecular formula is C23H24N4O3S. The molecule has 0 bridgehead atoms. The highest BCUT2D eigenvalue weighted by molar-refractivity contribution is 7.15. The fourth-order valence-electron chi connectivity index (χ4n) is 4.61. The summed E-state index contributed by atoms with van der Waals surface area (Å²) in [6.45, 7) is 3.64. The Kier molecular flexibility index (Phi) is 4.91. The Morgan fingerprint density at radius 1 is 1.26 bits per heavy atom. The van der Waals surface area contributed by atoms with Crippen LogP contribution in [0.25, 0.3) is 10.6 Å². The van der Waals surface area contributed by atoms with Gasteiger partial charge in [0.2, 0.25) is 5.56 Å². The number of aromatic amines is 1. The zero-order valence-corrected chi connectivity index (χ0v) is 18.1. The number of aryl methyl sites for hydroxylation is 1. The van der Waals surface area contributed by atoms with E-state index in [1.807, 2.05) is 17.0 Å². The van der Waals surface area contributed by atoms with Gasteiger partial charge in [-0.1, -0.05) is 6.07 Å². The molecule has 0 atom stereocenters. The number of piperidine rings is 1. The maximum Gasteiger partial charge on any atom is 0.254 e. The van der Waals surface area contributed by atoms with Crippen LogP contribution < -0.4 is 11.3 Å². The number of carbonyl (C=O) groups is 1. The minimum atomic E-state index is -0.372. The molecule has 3 aromatic rings. The van der Waals surface area contributed by atoms with Crippen molar-refractivity contribution in [3.8, 4) is 10.6 Å². The smallest absolute Gasteiger partial charge is 0.254 e. The van der Waals surface area contributed by atoms with Gasteiger partial charge in [-0.3, -0.25) is 9.59 Å². The lowest BCUT2D eigenvalue weighted by Crippen LogP contribution is -2.48. The summed E-state index contributed by atoms with van der Waals surface area (Å²) in [7, 11) is 0. The SMILES string of the molecule is Cc1cc(C(=O)N2CCC3(CC2)OCCc2sc(-c4cccc(N)n4)cc23)cc(=O)[nH]1. The number of thiophene rings is 1. The van der Waals surface area contributed by atoms with E-state index in [-0.39, 0.29) is 17.1 Å². The zero-order valence-electron chi connectivity index (χ0n) is 17.3. The van der Waals surface area contributed by atoms with Gasteiger partial charge in [-0.15, -0.1) is 11.3 Å². The van der Waals surface area contributed by atoms with E-state index < -0.39 is 0 Å². The van der Waals surface area contributed by atoms with Gasteiger partial charge in [0.25, 0.3) is 5.91 Å². The van der Waals surface area contributed by atoms with E-state index in [2.05, 4.69) is 16.0 Å². The minimum Gasteiger partial charge on any atom is -0.384 e. The Morgan fingerprint density at radius 3 is 2.81 bits per heavy atom. The van der Waals surface area contributed by atoms with Crippen LogP contribution in [0, 0.1) is 6.92 Å². The number of nitrogens with one attached hydrogen (secondary N) is 1. The Hall–Kier alpha value is -2.97. The van der Waals surface area contributed by atoms with Crippen LogP contribution in [0.3, 0.4) is 0 Å². The summed E-state index contributed by atoms with van der Waals surface area (Å²) < 4.78 is 6.35. The topological polar surface area (TPSA) is 101 Å². The number of nitrogen functional groups attached to an aromatic ring is 1. The highest BCUT2D eigenvalue weighted by Gasteiger charge is 2.43.